The minimum atomic E-state index is -3.60. The summed E-state index contributed by atoms with van der Waals surface area (Å²) in [5, 5.41) is 2.87. The summed E-state index contributed by atoms with van der Waals surface area (Å²) < 4.78 is 26.2. The molecule has 3 rings (SSSR count). The zero-order valence-electron chi connectivity index (χ0n) is 15.5. The molecular weight excluding hydrogens is 364 g/mol. The largest absolute Gasteiger partial charge is 0.357 e. The Morgan fingerprint density at radius 3 is 2.63 bits per heavy atom. The van der Waals surface area contributed by atoms with Crippen molar-refractivity contribution in [2.24, 2.45) is 0 Å². The molecule has 0 atom stereocenters. The normalized spacial score (nSPS) is 14.4. The topological polar surface area (TPSA) is 91.4 Å². The van der Waals surface area contributed by atoms with Crippen molar-refractivity contribution in [3.8, 4) is 0 Å². The first-order valence-electron chi connectivity index (χ1n) is 8.93. The molecule has 0 radical (unpaired) electrons. The van der Waals surface area contributed by atoms with E-state index in [9.17, 15) is 13.2 Å². The Kier molecular flexibility index (Phi) is 5.76. The van der Waals surface area contributed by atoms with Crippen molar-refractivity contribution in [1.29, 1.82) is 0 Å². The second kappa shape index (κ2) is 8.06. The van der Waals surface area contributed by atoms with Crippen LogP contribution in [0.4, 0.5) is 5.82 Å². The van der Waals surface area contributed by atoms with Crippen LogP contribution in [0.5, 0.6) is 0 Å². The highest BCUT2D eigenvalue weighted by atomic mass is 32.2. The molecule has 1 saturated heterocycles. The highest BCUT2D eigenvalue weighted by Gasteiger charge is 2.17. The number of hydrogen-bond acceptors (Lipinski definition) is 5. The SMILES string of the molecule is CNS(=O)(=O)c1ccc(C)c(C(=O)NCc2ccnc(N3CCCC3)c2)c1. The van der Waals surface area contributed by atoms with Crippen LogP contribution in [-0.4, -0.2) is 39.4 Å². The summed E-state index contributed by atoms with van der Waals surface area (Å²) in [4.78, 5) is 19.3. The molecule has 0 unspecified atom stereocenters. The standard InChI is InChI=1S/C19H24N4O3S/c1-14-5-6-16(27(25,26)20-2)12-17(14)19(24)22-13-15-7-8-21-18(11-15)23-9-3-4-10-23/h5-8,11-12,20H,3-4,9-10,13H2,1-2H3,(H,22,24). The van der Waals surface area contributed by atoms with E-state index in [2.05, 4.69) is 19.9 Å². The van der Waals surface area contributed by atoms with Gasteiger partial charge in [-0.2, -0.15) is 0 Å². The molecule has 2 heterocycles. The first-order chi connectivity index (χ1) is 12.9. The Morgan fingerprint density at radius 2 is 1.93 bits per heavy atom. The predicted octanol–water partition coefficient (Wildman–Crippen LogP) is 1.83. The summed E-state index contributed by atoms with van der Waals surface area (Å²) in [7, 11) is -2.25. The Morgan fingerprint density at radius 1 is 1.19 bits per heavy atom. The Labute approximate surface area is 159 Å². The van der Waals surface area contributed by atoms with Crippen LogP contribution in [0.3, 0.4) is 0 Å². The third-order valence-electron chi connectivity index (χ3n) is 4.73. The van der Waals surface area contributed by atoms with Crippen LogP contribution in [0.15, 0.2) is 41.4 Å². The molecule has 2 aromatic rings. The van der Waals surface area contributed by atoms with Gasteiger partial charge < -0.3 is 10.2 Å². The van der Waals surface area contributed by atoms with Crippen LogP contribution < -0.4 is 14.9 Å². The molecule has 0 spiro atoms. The predicted molar refractivity (Wildman–Crippen MR) is 104 cm³/mol. The van der Waals surface area contributed by atoms with E-state index in [1.807, 2.05) is 12.1 Å². The molecule has 1 aromatic heterocycles. The molecule has 1 aliphatic heterocycles. The summed E-state index contributed by atoms with van der Waals surface area (Å²) in [5.74, 6) is 0.623. The number of rotatable bonds is 6. The van der Waals surface area contributed by atoms with Crippen LogP contribution in [-0.2, 0) is 16.6 Å². The van der Waals surface area contributed by atoms with E-state index < -0.39 is 10.0 Å². The van der Waals surface area contributed by atoms with Gasteiger partial charge in [0.15, 0.2) is 0 Å². The van der Waals surface area contributed by atoms with Gasteiger partial charge in [0.25, 0.3) is 5.91 Å². The molecule has 1 fully saturated rings. The van der Waals surface area contributed by atoms with Crippen LogP contribution in [0.2, 0.25) is 0 Å². The lowest BCUT2D eigenvalue weighted by molar-refractivity contribution is 0.0950. The molecule has 144 valence electrons. The van der Waals surface area contributed by atoms with Gasteiger partial charge in [0, 0.05) is 31.4 Å². The van der Waals surface area contributed by atoms with E-state index in [1.54, 1.807) is 19.2 Å². The molecule has 0 aliphatic carbocycles. The fraction of sp³-hybridized carbons (Fsp3) is 0.368. The maximum absolute atomic E-state index is 12.6. The van der Waals surface area contributed by atoms with Crippen molar-refractivity contribution in [3.05, 3.63) is 53.2 Å². The van der Waals surface area contributed by atoms with Crippen LogP contribution in [0.1, 0.15) is 34.3 Å². The number of benzene rings is 1. The Bertz CT molecular complexity index is 938. The quantitative estimate of drug-likeness (QED) is 0.788. The fourth-order valence-electron chi connectivity index (χ4n) is 3.10. The lowest BCUT2D eigenvalue weighted by Gasteiger charge is -2.17. The molecular formula is C19H24N4O3S. The van der Waals surface area contributed by atoms with E-state index in [0.29, 0.717) is 12.1 Å². The van der Waals surface area contributed by atoms with Crippen molar-refractivity contribution in [1.82, 2.24) is 15.0 Å². The zero-order valence-corrected chi connectivity index (χ0v) is 16.3. The van der Waals surface area contributed by atoms with Crippen LogP contribution in [0, 0.1) is 6.92 Å². The summed E-state index contributed by atoms with van der Waals surface area (Å²) in [6.07, 6.45) is 4.10. The van der Waals surface area contributed by atoms with Gasteiger partial charge in [0.2, 0.25) is 10.0 Å². The summed E-state index contributed by atoms with van der Waals surface area (Å²) >= 11 is 0. The molecule has 27 heavy (non-hydrogen) atoms. The zero-order chi connectivity index (χ0) is 19.4. The Hall–Kier alpha value is -2.45. The van der Waals surface area contributed by atoms with E-state index in [-0.39, 0.29) is 10.8 Å². The molecule has 0 bridgehead atoms. The minimum absolute atomic E-state index is 0.0704. The van der Waals surface area contributed by atoms with E-state index >= 15 is 0 Å². The van der Waals surface area contributed by atoms with Crippen LogP contribution in [0.25, 0.3) is 0 Å². The monoisotopic (exact) mass is 388 g/mol. The van der Waals surface area contributed by atoms with Crippen molar-refractivity contribution < 1.29 is 13.2 Å². The molecule has 8 heteroatoms. The number of nitrogens with one attached hydrogen (secondary N) is 2. The van der Waals surface area contributed by atoms with Gasteiger partial charge >= 0.3 is 0 Å². The molecule has 1 amide bonds. The van der Waals surface area contributed by atoms with Gasteiger partial charge in [-0.1, -0.05) is 6.07 Å². The van der Waals surface area contributed by atoms with E-state index in [0.717, 1.165) is 30.0 Å². The maximum atomic E-state index is 12.6. The smallest absolute Gasteiger partial charge is 0.251 e. The number of pyridine rings is 1. The highest BCUT2D eigenvalue weighted by molar-refractivity contribution is 7.89. The fourth-order valence-corrected chi connectivity index (χ4v) is 3.85. The van der Waals surface area contributed by atoms with Gasteiger partial charge in [0.05, 0.1) is 4.90 Å². The second-order valence-corrected chi connectivity index (χ2v) is 8.47. The number of sulfonamides is 1. The van der Waals surface area contributed by atoms with Crippen molar-refractivity contribution >= 4 is 21.7 Å². The number of carbonyl (C=O) groups excluding carboxylic acids is 1. The van der Waals surface area contributed by atoms with Crippen molar-refractivity contribution in [2.75, 3.05) is 25.0 Å². The lowest BCUT2D eigenvalue weighted by atomic mass is 10.1. The van der Waals surface area contributed by atoms with Gasteiger partial charge in [-0.3, -0.25) is 4.79 Å². The number of nitrogens with zero attached hydrogens (tertiary/aromatic N) is 2. The van der Waals surface area contributed by atoms with Gasteiger partial charge in [-0.15, -0.1) is 0 Å². The molecule has 0 saturated carbocycles. The summed E-state index contributed by atoms with van der Waals surface area (Å²) in [6, 6.07) is 8.38. The second-order valence-electron chi connectivity index (χ2n) is 6.58. The summed E-state index contributed by atoms with van der Waals surface area (Å²) in [5.41, 5.74) is 2.02. The molecule has 7 nitrogen and oxygen atoms in total. The number of carbonyl (C=O) groups is 1. The van der Waals surface area contributed by atoms with E-state index in [4.69, 9.17) is 0 Å². The van der Waals surface area contributed by atoms with Gasteiger partial charge in [-0.25, -0.2) is 18.1 Å². The minimum Gasteiger partial charge on any atom is -0.357 e. The molecule has 1 aliphatic rings. The average molecular weight is 388 g/mol. The third kappa shape index (κ3) is 4.45. The van der Waals surface area contributed by atoms with Crippen molar-refractivity contribution in [3.63, 3.8) is 0 Å². The highest BCUT2D eigenvalue weighted by Crippen LogP contribution is 2.19. The number of aromatic nitrogens is 1. The number of amides is 1. The van der Waals surface area contributed by atoms with Crippen LogP contribution >= 0.6 is 0 Å². The molecule has 1 aromatic carbocycles. The average Bonchev–Trinajstić information content (AvgIpc) is 3.21. The number of hydrogen-bond donors (Lipinski definition) is 2. The third-order valence-corrected chi connectivity index (χ3v) is 6.14. The first kappa shape index (κ1) is 19.3. The van der Waals surface area contributed by atoms with Gasteiger partial charge in [-0.05, 0) is 62.2 Å². The lowest BCUT2D eigenvalue weighted by Crippen LogP contribution is -2.25. The van der Waals surface area contributed by atoms with E-state index in [1.165, 1.54) is 32.0 Å². The molecule has 2 N–H and O–H groups in total. The maximum Gasteiger partial charge on any atom is 0.251 e. The van der Waals surface area contributed by atoms with Gasteiger partial charge in [0.1, 0.15) is 5.82 Å². The number of aryl methyl sites for hydroxylation is 1. The Balaban J connectivity index is 1.73. The summed E-state index contributed by atoms with van der Waals surface area (Å²) in [6.45, 7) is 4.15. The van der Waals surface area contributed by atoms with Crippen molar-refractivity contribution in [2.45, 2.75) is 31.2 Å². The first-order valence-corrected chi connectivity index (χ1v) is 10.4. The number of anilines is 1.